The molecular weight excluding hydrogens is 396 g/mol. The number of piperidine rings is 1. The Balaban J connectivity index is 1.98. The number of hydrogen-bond donors (Lipinski definition) is 3. The summed E-state index contributed by atoms with van der Waals surface area (Å²) in [4.78, 5) is 0. The molecule has 0 radical (unpaired) electrons. The van der Waals surface area contributed by atoms with E-state index >= 15 is 0 Å². The fourth-order valence-electron chi connectivity index (χ4n) is 4.11. The van der Waals surface area contributed by atoms with E-state index in [9.17, 15) is 5.26 Å². The Morgan fingerprint density at radius 3 is 2.69 bits per heavy atom. The molecule has 2 heterocycles. The molecule has 6 nitrogen and oxygen atoms in total. The molecule has 6 heteroatoms. The van der Waals surface area contributed by atoms with Gasteiger partial charge in [0.15, 0.2) is 5.82 Å². The molecule has 1 fully saturated rings. The average molecular weight is 431 g/mol. The van der Waals surface area contributed by atoms with Crippen LogP contribution in [0.3, 0.4) is 0 Å². The molecule has 3 N–H and O–H groups in total. The van der Waals surface area contributed by atoms with Crippen LogP contribution in [0.15, 0.2) is 30.0 Å². The van der Waals surface area contributed by atoms with Crippen molar-refractivity contribution in [2.45, 2.75) is 59.5 Å². The van der Waals surface area contributed by atoms with Crippen molar-refractivity contribution in [3.05, 3.63) is 62.8 Å². The number of aromatic nitrogens is 2. The first-order valence-electron chi connectivity index (χ1n) is 11.5. The Morgan fingerprint density at radius 2 is 2.00 bits per heavy atom. The topological polar surface area (TPSA) is 85.7 Å². The summed E-state index contributed by atoms with van der Waals surface area (Å²) in [6, 6.07) is 8.55. The number of rotatable bonds is 7. The van der Waals surface area contributed by atoms with Crippen LogP contribution in [-0.2, 0) is 6.54 Å². The van der Waals surface area contributed by atoms with Crippen molar-refractivity contribution >= 4 is 18.0 Å². The maximum absolute atomic E-state index is 9.34. The van der Waals surface area contributed by atoms with Crippen LogP contribution < -0.4 is 26.4 Å². The molecule has 0 aliphatic carbocycles. The number of anilines is 1. The maximum Gasteiger partial charge on any atom is 0.156 e. The van der Waals surface area contributed by atoms with E-state index in [1.807, 2.05) is 39.0 Å². The van der Waals surface area contributed by atoms with Gasteiger partial charge in [-0.2, -0.15) is 10.4 Å². The molecule has 0 unspecified atom stereocenters. The zero-order valence-electron chi connectivity index (χ0n) is 19.6. The lowest BCUT2D eigenvalue weighted by molar-refractivity contribution is 0.415. The SMILES string of the molecule is C/C=c1/c(C)nnc(NCc2cccc(C#N)c2C)/c1=C/C(=C/CC)NC1CCNCC1. The van der Waals surface area contributed by atoms with Crippen molar-refractivity contribution in [1.29, 1.82) is 5.26 Å². The highest BCUT2D eigenvalue weighted by Crippen LogP contribution is 2.14. The molecular formula is C26H34N6. The van der Waals surface area contributed by atoms with Crippen LogP contribution in [0.4, 0.5) is 5.82 Å². The number of aryl methyl sites for hydroxylation is 1. The predicted octanol–water partition coefficient (Wildman–Crippen LogP) is 2.79. The van der Waals surface area contributed by atoms with Gasteiger partial charge in [-0.05, 0) is 76.4 Å². The molecule has 0 atom stereocenters. The third-order valence-corrected chi connectivity index (χ3v) is 5.97. The van der Waals surface area contributed by atoms with Crippen LogP contribution >= 0.6 is 0 Å². The summed E-state index contributed by atoms with van der Waals surface area (Å²) in [5.74, 6) is 0.750. The molecule has 168 valence electrons. The molecule has 1 aromatic carbocycles. The smallest absolute Gasteiger partial charge is 0.156 e. The van der Waals surface area contributed by atoms with Crippen LogP contribution in [0, 0.1) is 25.2 Å². The van der Waals surface area contributed by atoms with Gasteiger partial charge in [-0.15, -0.1) is 5.10 Å². The van der Waals surface area contributed by atoms with E-state index in [0.717, 1.165) is 71.1 Å². The second-order valence-electron chi connectivity index (χ2n) is 8.19. The Morgan fingerprint density at radius 1 is 1.22 bits per heavy atom. The molecule has 0 spiro atoms. The molecule has 0 bridgehead atoms. The number of nitrogens with one attached hydrogen (secondary N) is 3. The van der Waals surface area contributed by atoms with E-state index in [0.29, 0.717) is 18.2 Å². The van der Waals surface area contributed by atoms with Crippen molar-refractivity contribution in [2.75, 3.05) is 18.4 Å². The third kappa shape index (κ3) is 5.74. The third-order valence-electron chi connectivity index (χ3n) is 5.97. The summed E-state index contributed by atoms with van der Waals surface area (Å²) in [7, 11) is 0. The maximum atomic E-state index is 9.34. The summed E-state index contributed by atoms with van der Waals surface area (Å²) in [5.41, 5.74) is 4.81. The number of nitriles is 1. The van der Waals surface area contributed by atoms with Crippen LogP contribution in [0.1, 0.15) is 55.5 Å². The van der Waals surface area contributed by atoms with Crippen molar-refractivity contribution in [3.8, 4) is 6.07 Å². The van der Waals surface area contributed by atoms with Gasteiger partial charge in [0.1, 0.15) is 0 Å². The Bertz CT molecular complexity index is 1120. The molecule has 2 aromatic rings. The van der Waals surface area contributed by atoms with E-state index in [1.165, 1.54) is 0 Å². The van der Waals surface area contributed by atoms with Crippen LogP contribution in [0.25, 0.3) is 12.2 Å². The fourth-order valence-corrected chi connectivity index (χ4v) is 4.11. The van der Waals surface area contributed by atoms with Crippen LogP contribution in [0.5, 0.6) is 0 Å². The van der Waals surface area contributed by atoms with Gasteiger partial charge >= 0.3 is 0 Å². The normalized spacial score (nSPS) is 16.2. The summed E-state index contributed by atoms with van der Waals surface area (Å²) in [6.07, 6.45) is 9.72. The van der Waals surface area contributed by atoms with Crippen molar-refractivity contribution in [2.24, 2.45) is 0 Å². The minimum atomic E-state index is 0.475. The van der Waals surface area contributed by atoms with Gasteiger partial charge < -0.3 is 16.0 Å². The molecule has 1 aliphatic rings. The molecule has 0 saturated carbocycles. The Kier molecular flexibility index (Phi) is 8.41. The molecule has 32 heavy (non-hydrogen) atoms. The van der Waals surface area contributed by atoms with Gasteiger partial charge in [0.25, 0.3) is 0 Å². The second kappa shape index (κ2) is 11.4. The van der Waals surface area contributed by atoms with E-state index in [1.54, 1.807) is 0 Å². The molecule has 1 saturated heterocycles. The number of benzene rings is 1. The molecule has 1 aromatic heterocycles. The monoisotopic (exact) mass is 430 g/mol. The van der Waals surface area contributed by atoms with Crippen LogP contribution in [-0.4, -0.2) is 29.3 Å². The van der Waals surface area contributed by atoms with E-state index in [4.69, 9.17) is 0 Å². The first-order valence-corrected chi connectivity index (χ1v) is 11.5. The van der Waals surface area contributed by atoms with E-state index in [-0.39, 0.29) is 0 Å². The highest BCUT2D eigenvalue weighted by atomic mass is 15.2. The zero-order chi connectivity index (χ0) is 22.9. The Hall–Kier alpha value is -3.17. The molecule has 1 aliphatic heterocycles. The summed E-state index contributed by atoms with van der Waals surface area (Å²) in [6.45, 7) is 10.9. The van der Waals surface area contributed by atoms with Gasteiger partial charge in [0.2, 0.25) is 0 Å². The highest BCUT2D eigenvalue weighted by Gasteiger charge is 2.13. The summed E-state index contributed by atoms with van der Waals surface area (Å²) in [5, 5.41) is 31.0. The van der Waals surface area contributed by atoms with Gasteiger partial charge in [-0.25, -0.2) is 0 Å². The van der Waals surface area contributed by atoms with Gasteiger partial charge in [0.05, 0.1) is 17.3 Å². The van der Waals surface area contributed by atoms with Crippen molar-refractivity contribution in [3.63, 3.8) is 0 Å². The number of hydrogen-bond acceptors (Lipinski definition) is 6. The van der Waals surface area contributed by atoms with E-state index < -0.39 is 0 Å². The minimum absolute atomic E-state index is 0.475. The first kappa shape index (κ1) is 23.5. The lowest BCUT2D eigenvalue weighted by Crippen LogP contribution is -2.40. The van der Waals surface area contributed by atoms with Gasteiger partial charge in [0, 0.05) is 28.7 Å². The van der Waals surface area contributed by atoms with Gasteiger partial charge in [-0.3, -0.25) is 0 Å². The van der Waals surface area contributed by atoms with Crippen LogP contribution in [0.2, 0.25) is 0 Å². The lowest BCUT2D eigenvalue weighted by Gasteiger charge is -2.25. The quantitative estimate of drug-likeness (QED) is 0.626. The summed E-state index contributed by atoms with van der Waals surface area (Å²) >= 11 is 0. The molecule has 3 rings (SSSR count). The summed E-state index contributed by atoms with van der Waals surface area (Å²) < 4.78 is 0. The van der Waals surface area contributed by atoms with Gasteiger partial charge in [-0.1, -0.05) is 31.2 Å². The number of nitrogens with zero attached hydrogens (tertiary/aromatic N) is 3. The predicted molar refractivity (Wildman–Crippen MR) is 131 cm³/mol. The molecule has 0 amide bonds. The lowest BCUT2D eigenvalue weighted by atomic mass is 10.0. The highest BCUT2D eigenvalue weighted by molar-refractivity contribution is 5.55. The number of allylic oxidation sites excluding steroid dienone is 2. The second-order valence-corrected chi connectivity index (χ2v) is 8.19. The fraction of sp³-hybridized carbons (Fsp3) is 0.423. The first-order chi connectivity index (χ1) is 15.6. The van der Waals surface area contributed by atoms with Crippen molar-refractivity contribution < 1.29 is 0 Å². The standard InChI is InChI=1S/C26H34N6/c1-5-8-23(30-22-11-13-28-14-12-22)15-25-24(6-2)19(4)31-32-26(25)29-17-21-10-7-9-20(16-27)18(21)3/h6-10,15,22,28,30H,5,11-14,17H2,1-4H3,(H,29,32)/b23-8-,24-6-,25-15+. The zero-order valence-corrected chi connectivity index (χ0v) is 19.6. The average Bonchev–Trinajstić information content (AvgIpc) is 2.80. The van der Waals surface area contributed by atoms with E-state index in [2.05, 4.69) is 57.4 Å². The minimum Gasteiger partial charge on any atom is -0.382 e. The Labute approximate surface area is 191 Å². The largest absolute Gasteiger partial charge is 0.382 e. The van der Waals surface area contributed by atoms with Crippen molar-refractivity contribution in [1.82, 2.24) is 20.8 Å².